The molecule has 1 heterocycles. The van der Waals surface area contributed by atoms with Gasteiger partial charge in [-0.1, -0.05) is 24.3 Å². The molecule has 28 heavy (non-hydrogen) atoms. The molecule has 0 saturated carbocycles. The van der Waals surface area contributed by atoms with Gasteiger partial charge in [-0.2, -0.15) is 0 Å². The van der Waals surface area contributed by atoms with Crippen molar-refractivity contribution in [2.45, 2.75) is 4.90 Å². The molecule has 0 amide bonds. The van der Waals surface area contributed by atoms with E-state index in [0.717, 1.165) is 39.5 Å². The molecule has 0 aliphatic carbocycles. The first-order valence-corrected chi connectivity index (χ1v) is 10.3. The van der Waals surface area contributed by atoms with E-state index < -0.39 is 0 Å². The molecular formula is C23H22N4S. The van der Waals surface area contributed by atoms with Crippen LogP contribution in [0, 0.1) is 0 Å². The molecule has 0 spiro atoms. The van der Waals surface area contributed by atoms with Gasteiger partial charge in [-0.25, -0.2) is 9.97 Å². The van der Waals surface area contributed by atoms with Crippen LogP contribution in [0.25, 0.3) is 22.3 Å². The molecule has 0 fully saturated rings. The Morgan fingerprint density at radius 2 is 1.54 bits per heavy atom. The van der Waals surface area contributed by atoms with Gasteiger partial charge in [0.05, 0.1) is 5.52 Å². The minimum absolute atomic E-state index is 0.721. The molecule has 4 nitrogen and oxygen atoms in total. The van der Waals surface area contributed by atoms with Crippen molar-refractivity contribution >= 4 is 39.9 Å². The van der Waals surface area contributed by atoms with Gasteiger partial charge in [0.15, 0.2) is 5.82 Å². The summed E-state index contributed by atoms with van der Waals surface area (Å²) in [5.74, 6) is 1.53. The van der Waals surface area contributed by atoms with E-state index in [9.17, 15) is 0 Å². The lowest BCUT2D eigenvalue weighted by Gasteiger charge is -2.14. The van der Waals surface area contributed by atoms with E-state index in [1.54, 1.807) is 11.8 Å². The molecule has 4 rings (SSSR count). The standard InChI is InChI=1S/C23H22N4S/c1-27(2)18-12-10-17(11-13-18)24-23-20-6-4-5-7-21(20)25-22(26-23)16-8-14-19(28-3)15-9-16/h4-15H,1-3H3,(H,24,25,26). The van der Waals surface area contributed by atoms with Crippen LogP contribution in [0.5, 0.6) is 0 Å². The van der Waals surface area contributed by atoms with E-state index in [2.05, 4.69) is 65.0 Å². The summed E-state index contributed by atoms with van der Waals surface area (Å²) in [6.07, 6.45) is 2.07. The number of nitrogens with zero attached hydrogens (tertiary/aromatic N) is 3. The number of rotatable bonds is 5. The Balaban J connectivity index is 1.75. The van der Waals surface area contributed by atoms with Crippen molar-refractivity contribution in [1.82, 2.24) is 9.97 Å². The maximum Gasteiger partial charge on any atom is 0.162 e. The molecule has 0 atom stereocenters. The number of thioether (sulfide) groups is 1. The fourth-order valence-electron chi connectivity index (χ4n) is 3.02. The Morgan fingerprint density at radius 1 is 0.821 bits per heavy atom. The average molecular weight is 387 g/mol. The van der Waals surface area contributed by atoms with Gasteiger partial charge < -0.3 is 10.2 Å². The number of nitrogens with one attached hydrogen (secondary N) is 1. The number of aromatic nitrogens is 2. The maximum atomic E-state index is 4.84. The van der Waals surface area contributed by atoms with Crippen LogP contribution < -0.4 is 10.2 Å². The van der Waals surface area contributed by atoms with Crippen LogP contribution >= 0.6 is 11.8 Å². The highest BCUT2D eigenvalue weighted by molar-refractivity contribution is 7.98. The summed E-state index contributed by atoms with van der Waals surface area (Å²) in [7, 11) is 4.07. The molecule has 1 N–H and O–H groups in total. The quantitative estimate of drug-likeness (QED) is 0.437. The Hall–Kier alpha value is -3.05. The first kappa shape index (κ1) is 18.3. The lowest BCUT2D eigenvalue weighted by molar-refractivity contribution is 1.13. The molecule has 0 bridgehead atoms. The molecule has 3 aromatic carbocycles. The summed E-state index contributed by atoms with van der Waals surface area (Å²) in [5.41, 5.74) is 4.09. The van der Waals surface area contributed by atoms with Crippen LogP contribution in [0.3, 0.4) is 0 Å². The summed E-state index contributed by atoms with van der Waals surface area (Å²) in [6.45, 7) is 0. The van der Waals surface area contributed by atoms with Crippen LogP contribution in [0.2, 0.25) is 0 Å². The number of anilines is 3. The van der Waals surface area contributed by atoms with E-state index in [1.807, 2.05) is 38.4 Å². The fourth-order valence-corrected chi connectivity index (χ4v) is 3.43. The zero-order valence-corrected chi connectivity index (χ0v) is 17.0. The van der Waals surface area contributed by atoms with E-state index in [1.165, 1.54) is 4.90 Å². The van der Waals surface area contributed by atoms with Crippen LogP contribution in [0.15, 0.2) is 77.7 Å². The summed E-state index contributed by atoms with van der Waals surface area (Å²) in [5, 5.41) is 4.48. The van der Waals surface area contributed by atoms with Crippen LogP contribution in [0.1, 0.15) is 0 Å². The summed E-state index contributed by atoms with van der Waals surface area (Å²) in [6, 6.07) is 24.8. The number of fused-ring (bicyclic) bond motifs is 1. The van der Waals surface area contributed by atoms with Gasteiger partial charge in [-0.15, -0.1) is 11.8 Å². The Labute approximate surface area is 169 Å². The second-order valence-electron chi connectivity index (χ2n) is 6.71. The van der Waals surface area contributed by atoms with Gasteiger partial charge in [-0.3, -0.25) is 0 Å². The molecule has 140 valence electrons. The van der Waals surface area contributed by atoms with Crippen LogP contribution in [0.4, 0.5) is 17.2 Å². The Morgan fingerprint density at radius 3 is 2.21 bits per heavy atom. The maximum absolute atomic E-state index is 4.84. The number of para-hydroxylation sites is 1. The van der Waals surface area contributed by atoms with E-state index in [0.29, 0.717) is 0 Å². The third-order valence-corrected chi connectivity index (χ3v) is 5.34. The molecular weight excluding hydrogens is 364 g/mol. The number of hydrogen-bond acceptors (Lipinski definition) is 5. The first-order valence-electron chi connectivity index (χ1n) is 9.09. The van der Waals surface area contributed by atoms with E-state index in [-0.39, 0.29) is 0 Å². The molecule has 4 aromatic rings. The molecule has 0 radical (unpaired) electrons. The smallest absolute Gasteiger partial charge is 0.162 e. The van der Waals surface area contributed by atoms with Crippen molar-refractivity contribution < 1.29 is 0 Å². The van der Waals surface area contributed by atoms with Crippen LogP contribution in [-0.4, -0.2) is 30.3 Å². The molecule has 0 aliphatic rings. The predicted octanol–water partition coefficient (Wildman–Crippen LogP) is 5.83. The van der Waals surface area contributed by atoms with E-state index >= 15 is 0 Å². The summed E-state index contributed by atoms with van der Waals surface area (Å²) < 4.78 is 0. The zero-order valence-electron chi connectivity index (χ0n) is 16.2. The summed E-state index contributed by atoms with van der Waals surface area (Å²) in [4.78, 5) is 12.9. The van der Waals surface area contributed by atoms with E-state index in [4.69, 9.17) is 9.97 Å². The molecule has 5 heteroatoms. The molecule has 0 unspecified atom stereocenters. The van der Waals surface area contributed by atoms with Crippen LogP contribution in [-0.2, 0) is 0 Å². The Bertz CT molecular complexity index is 1090. The third-order valence-electron chi connectivity index (χ3n) is 4.60. The molecule has 0 aliphatic heterocycles. The normalized spacial score (nSPS) is 10.8. The number of benzene rings is 3. The summed E-state index contributed by atoms with van der Waals surface area (Å²) >= 11 is 1.73. The fraction of sp³-hybridized carbons (Fsp3) is 0.130. The molecule has 0 saturated heterocycles. The van der Waals surface area contributed by atoms with Crippen molar-refractivity contribution in [3.63, 3.8) is 0 Å². The highest BCUT2D eigenvalue weighted by atomic mass is 32.2. The second kappa shape index (κ2) is 7.90. The van der Waals surface area contributed by atoms with Gasteiger partial charge in [0.1, 0.15) is 5.82 Å². The van der Waals surface area contributed by atoms with Crippen molar-refractivity contribution in [1.29, 1.82) is 0 Å². The lowest BCUT2D eigenvalue weighted by atomic mass is 10.1. The van der Waals surface area contributed by atoms with Gasteiger partial charge in [0.25, 0.3) is 0 Å². The second-order valence-corrected chi connectivity index (χ2v) is 7.59. The minimum Gasteiger partial charge on any atom is -0.378 e. The van der Waals surface area contributed by atoms with Gasteiger partial charge in [0.2, 0.25) is 0 Å². The van der Waals surface area contributed by atoms with Crippen molar-refractivity contribution in [3.8, 4) is 11.4 Å². The van der Waals surface area contributed by atoms with Gasteiger partial charge in [-0.05, 0) is 54.8 Å². The topological polar surface area (TPSA) is 41.1 Å². The van der Waals surface area contributed by atoms with Crippen molar-refractivity contribution in [2.24, 2.45) is 0 Å². The zero-order chi connectivity index (χ0) is 19.5. The highest BCUT2D eigenvalue weighted by Crippen LogP contribution is 2.28. The van der Waals surface area contributed by atoms with Crippen molar-refractivity contribution in [2.75, 3.05) is 30.6 Å². The van der Waals surface area contributed by atoms with Gasteiger partial charge >= 0.3 is 0 Å². The number of hydrogen-bond donors (Lipinski definition) is 1. The average Bonchev–Trinajstić information content (AvgIpc) is 2.74. The first-order chi connectivity index (χ1) is 13.6. The minimum atomic E-state index is 0.721. The molecule has 1 aromatic heterocycles. The lowest BCUT2D eigenvalue weighted by Crippen LogP contribution is -2.08. The van der Waals surface area contributed by atoms with Crippen molar-refractivity contribution in [3.05, 3.63) is 72.8 Å². The largest absolute Gasteiger partial charge is 0.378 e. The monoisotopic (exact) mass is 386 g/mol. The Kier molecular flexibility index (Phi) is 5.17. The third kappa shape index (κ3) is 3.80. The predicted molar refractivity (Wildman–Crippen MR) is 121 cm³/mol. The highest BCUT2D eigenvalue weighted by Gasteiger charge is 2.10. The SMILES string of the molecule is CSc1ccc(-c2nc(Nc3ccc(N(C)C)cc3)c3ccccc3n2)cc1. The van der Waals surface area contributed by atoms with Gasteiger partial charge in [0, 0.05) is 41.3 Å².